The summed E-state index contributed by atoms with van der Waals surface area (Å²) in [6.45, 7) is 0.357. The van der Waals surface area contributed by atoms with Crippen molar-refractivity contribution in [1.29, 1.82) is 0 Å². The van der Waals surface area contributed by atoms with E-state index in [1.165, 1.54) is 6.42 Å². The molecule has 1 saturated carbocycles. The van der Waals surface area contributed by atoms with E-state index < -0.39 is 0 Å². The molecular formula is C22H26N2O3. The highest BCUT2D eigenvalue weighted by molar-refractivity contribution is 5.97. The fraction of sp³-hybridized carbons (Fsp3) is 0.364. The number of para-hydroxylation sites is 1. The summed E-state index contributed by atoms with van der Waals surface area (Å²) in [4.78, 5) is 24.6. The van der Waals surface area contributed by atoms with E-state index in [9.17, 15) is 9.59 Å². The molecule has 1 aliphatic rings. The minimum atomic E-state index is -0.220. The van der Waals surface area contributed by atoms with Crippen LogP contribution >= 0.6 is 0 Å². The molecule has 2 amide bonds. The SMILES string of the molecule is O=C(COc1ccccc1C(=O)NCc1ccccc1)NC1CCCCC1. The molecule has 2 N–H and O–H groups in total. The van der Waals surface area contributed by atoms with Crippen molar-refractivity contribution in [2.75, 3.05) is 6.61 Å². The van der Waals surface area contributed by atoms with Crippen molar-refractivity contribution in [3.8, 4) is 5.75 Å². The number of hydrogen-bond donors (Lipinski definition) is 2. The van der Waals surface area contributed by atoms with Crippen molar-refractivity contribution in [2.24, 2.45) is 0 Å². The lowest BCUT2D eigenvalue weighted by atomic mass is 9.95. The number of hydrogen-bond acceptors (Lipinski definition) is 3. The first-order chi connectivity index (χ1) is 13.2. The smallest absolute Gasteiger partial charge is 0.258 e. The van der Waals surface area contributed by atoms with E-state index in [0.29, 0.717) is 17.9 Å². The molecule has 0 heterocycles. The Bertz CT molecular complexity index is 755. The van der Waals surface area contributed by atoms with Gasteiger partial charge in [0.2, 0.25) is 0 Å². The third-order valence-corrected chi connectivity index (χ3v) is 4.76. The summed E-state index contributed by atoms with van der Waals surface area (Å²) in [5.74, 6) is 0.0606. The molecule has 27 heavy (non-hydrogen) atoms. The first kappa shape index (κ1) is 19.0. The monoisotopic (exact) mass is 366 g/mol. The summed E-state index contributed by atoms with van der Waals surface area (Å²) >= 11 is 0. The molecule has 0 aromatic heterocycles. The van der Waals surface area contributed by atoms with Crippen LogP contribution in [0.3, 0.4) is 0 Å². The summed E-state index contributed by atoms with van der Waals surface area (Å²) in [5.41, 5.74) is 1.45. The Balaban J connectivity index is 1.53. The van der Waals surface area contributed by atoms with Gasteiger partial charge in [-0.2, -0.15) is 0 Å². The molecule has 0 unspecified atom stereocenters. The van der Waals surface area contributed by atoms with E-state index in [0.717, 1.165) is 31.2 Å². The maximum atomic E-state index is 12.5. The van der Waals surface area contributed by atoms with Crippen LogP contribution in [0.2, 0.25) is 0 Å². The average molecular weight is 366 g/mol. The molecule has 1 fully saturated rings. The lowest BCUT2D eigenvalue weighted by molar-refractivity contribution is -0.124. The number of rotatable bonds is 7. The van der Waals surface area contributed by atoms with Gasteiger partial charge in [-0.05, 0) is 30.5 Å². The van der Waals surface area contributed by atoms with Gasteiger partial charge in [-0.3, -0.25) is 9.59 Å². The van der Waals surface area contributed by atoms with E-state index >= 15 is 0 Å². The average Bonchev–Trinajstić information content (AvgIpc) is 2.72. The standard InChI is InChI=1S/C22H26N2O3/c25-21(24-18-11-5-2-6-12-18)16-27-20-14-8-7-13-19(20)22(26)23-15-17-9-3-1-4-10-17/h1,3-4,7-10,13-14,18H,2,5-6,11-12,15-16H2,(H,23,26)(H,24,25). The number of carbonyl (C=O) groups is 2. The summed E-state index contributed by atoms with van der Waals surface area (Å²) in [7, 11) is 0. The maximum absolute atomic E-state index is 12.5. The zero-order valence-corrected chi connectivity index (χ0v) is 15.4. The van der Waals surface area contributed by atoms with Crippen molar-refractivity contribution < 1.29 is 14.3 Å². The fourth-order valence-electron chi connectivity index (χ4n) is 3.31. The normalized spacial score (nSPS) is 14.4. The summed E-state index contributed by atoms with van der Waals surface area (Å²) in [6, 6.07) is 17.0. The van der Waals surface area contributed by atoms with Gasteiger partial charge in [-0.1, -0.05) is 61.7 Å². The van der Waals surface area contributed by atoms with Gasteiger partial charge in [0.05, 0.1) is 5.56 Å². The number of amides is 2. The van der Waals surface area contributed by atoms with E-state index in [1.54, 1.807) is 24.3 Å². The Labute approximate surface area is 160 Å². The van der Waals surface area contributed by atoms with Crippen LogP contribution in [0.4, 0.5) is 0 Å². The maximum Gasteiger partial charge on any atom is 0.258 e. The van der Waals surface area contributed by atoms with Crippen molar-refractivity contribution in [2.45, 2.75) is 44.7 Å². The molecule has 0 bridgehead atoms. The number of benzene rings is 2. The van der Waals surface area contributed by atoms with Crippen LogP contribution in [-0.4, -0.2) is 24.5 Å². The molecule has 5 nitrogen and oxygen atoms in total. The highest BCUT2D eigenvalue weighted by Gasteiger charge is 2.17. The van der Waals surface area contributed by atoms with Gasteiger partial charge in [0.1, 0.15) is 5.75 Å². The van der Waals surface area contributed by atoms with E-state index in [4.69, 9.17) is 4.74 Å². The van der Waals surface area contributed by atoms with Gasteiger partial charge in [0, 0.05) is 12.6 Å². The molecule has 2 aromatic carbocycles. The topological polar surface area (TPSA) is 67.4 Å². The predicted octanol–water partition coefficient (Wildman–Crippen LogP) is 3.44. The molecule has 3 rings (SSSR count). The number of ether oxygens (including phenoxy) is 1. The molecule has 0 atom stereocenters. The van der Waals surface area contributed by atoms with Gasteiger partial charge in [-0.15, -0.1) is 0 Å². The molecule has 2 aromatic rings. The van der Waals surface area contributed by atoms with Crippen molar-refractivity contribution in [3.63, 3.8) is 0 Å². The summed E-state index contributed by atoms with van der Waals surface area (Å²) < 4.78 is 5.64. The first-order valence-electron chi connectivity index (χ1n) is 9.55. The lowest BCUT2D eigenvalue weighted by Crippen LogP contribution is -2.39. The summed E-state index contributed by atoms with van der Waals surface area (Å²) in [5, 5.41) is 5.91. The van der Waals surface area contributed by atoms with E-state index in [-0.39, 0.29) is 24.5 Å². The lowest BCUT2D eigenvalue weighted by Gasteiger charge is -2.22. The molecule has 0 saturated heterocycles. The quantitative estimate of drug-likeness (QED) is 0.789. The zero-order chi connectivity index (χ0) is 18.9. The van der Waals surface area contributed by atoms with Crippen LogP contribution in [0.15, 0.2) is 54.6 Å². The van der Waals surface area contributed by atoms with Gasteiger partial charge in [0.25, 0.3) is 11.8 Å². The Morgan fingerprint density at radius 2 is 1.63 bits per heavy atom. The molecule has 0 spiro atoms. The van der Waals surface area contributed by atoms with Crippen molar-refractivity contribution >= 4 is 11.8 Å². The van der Waals surface area contributed by atoms with E-state index in [2.05, 4.69) is 10.6 Å². The second kappa shape index (κ2) is 9.76. The van der Waals surface area contributed by atoms with Crippen LogP contribution in [0, 0.1) is 0 Å². The highest BCUT2D eigenvalue weighted by Crippen LogP contribution is 2.19. The molecular weight excluding hydrogens is 340 g/mol. The molecule has 5 heteroatoms. The summed E-state index contributed by atoms with van der Waals surface area (Å²) in [6.07, 6.45) is 5.63. The molecule has 0 radical (unpaired) electrons. The molecule has 142 valence electrons. The molecule has 0 aliphatic heterocycles. The van der Waals surface area contributed by atoms with Crippen molar-refractivity contribution in [1.82, 2.24) is 10.6 Å². The first-order valence-corrected chi connectivity index (χ1v) is 9.55. The minimum absolute atomic E-state index is 0.0839. The van der Waals surface area contributed by atoms with Gasteiger partial charge >= 0.3 is 0 Å². The fourth-order valence-corrected chi connectivity index (χ4v) is 3.31. The van der Waals surface area contributed by atoms with Gasteiger partial charge < -0.3 is 15.4 Å². The van der Waals surface area contributed by atoms with Gasteiger partial charge in [-0.25, -0.2) is 0 Å². The second-order valence-electron chi connectivity index (χ2n) is 6.86. The Morgan fingerprint density at radius 1 is 0.926 bits per heavy atom. The predicted molar refractivity (Wildman–Crippen MR) is 105 cm³/mol. The third-order valence-electron chi connectivity index (χ3n) is 4.76. The van der Waals surface area contributed by atoms with Crippen LogP contribution in [0.5, 0.6) is 5.75 Å². The van der Waals surface area contributed by atoms with Crippen LogP contribution in [0.1, 0.15) is 48.0 Å². The minimum Gasteiger partial charge on any atom is -0.483 e. The Hall–Kier alpha value is -2.82. The third kappa shape index (κ3) is 5.84. The van der Waals surface area contributed by atoms with Gasteiger partial charge in [0.15, 0.2) is 6.61 Å². The highest BCUT2D eigenvalue weighted by atomic mass is 16.5. The zero-order valence-electron chi connectivity index (χ0n) is 15.4. The number of carbonyl (C=O) groups excluding carboxylic acids is 2. The van der Waals surface area contributed by atoms with Crippen LogP contribution in [0.25, 0.3) is 0 Å². The number of nitrogens with one attached hydrogen (secondary N) is 2. The van der Waals surface area contributed by atoms with Crippen molar-refractivity contribution in [3.05, 3.63) is 65.7 Å². The second-order valence-corrected chi connectivity index (χ2v) is 6.86. The largest absolute Gasteiger partial charge is 0.483 e. The Kier molecular flexibility index (Phi) is 6.85. The van der Waals surface area contributed by atoms with E-state index in [1.807, 2.05) is 30.3 Å². The van der Waals surface area contributed by atoms with Crippen LogP contribution < -0.4 is 15.4 Å². The Morgan fingerprint density at radius 3 is 2.41 bits per heavy atom. The van der Waals surface area contributed by atoms with Crippen LogP contribution in [-0.2, 0) is 11.3 Å². The molecule has 1 aliphatic carbocycles.